The maximum atomic E-state index is 11.5. The molecule has 8 heteroatoms. The fourth-order valence-corrected chi connectivity index (χ4v) is 3.34. The SMILES string of the molecule is O=C(O)CCCCCCCCCCCC(C(=O)O)C(CCCC(=O)O)C(=O)O. The smallest absolute Gasteiger partial charge is 0.307 e. The highest BCUT2D eigenvalue weighted by molar-refractivity contribution is 5.80. The van der Waals surface area contributed by atoms with Crippen molar-refractivity contribution >= 4 is 23.9 Å². The van der Waals surface area contributed by atoms with Crippen molar-refractivity contribution in [3.63, 3.8) is 0 Å². The molecule has 2 unspecified atom stereocenters. The molecule has 0 spiro atoms. The summed E-state index contributed by atoms with van der Waals surface area (Å²) < 4.78 is 0. The zero-order valence-electron chi connectivity index (χ0n) is 16.5. The van der Waals surface area contributed by atoms with Crippen molar-refractivity contribution in [2.75, 3.05) is 0 Å². The molecule has 2 atom stereocenters. The molecule has 0 fully saturated rings. The summed E-state index contributed by atoms with van der Waals surface area (Å²) in [6.07, 6.45) is 8.78. The minimum absolute atomic E-state index is 0.0560. The summed E-state index contributed by atoms with van der Waals surface area (Å²) in [5.41, 5.74) is 0. The minimum Gasteiger partial charge on any atom is -0.481 e. The molecule has 0 aromatic carbocycles. The van der Waals surface area contributed by atoms with Gasteiger partial charge in [-0.15, -0.1) is 0 Å². The van der Waals surface area contributed by atoms with E-state index in [1.807, 2.05) is 0 Å². The largest absolute Gasteiger partial charge is 0.481 e. The van der Waals surface area contributed by atoms with Crippen LogP contribution < -0.4 is 0 Å². The number of aliphatic carboxylic acids is 4. The summed E-state index contributed by atoms with van der Waals surface area (Å²) in [4.78, 5) is 43.8. The van der Waals surface area contributed by atoms with Crippen LogP contribution in [0.1, 0.15) is 89.9 Å². The molecular weight excluding hydrogens is 368 g/mol. The van der Waals surface area contributed by atoms with E-state index in [4.69, 9.17) is 10.2 Å². The van der Waals surface area contributed by atoms with Crippen LogP contribution in [0.2, 0.25) is 0 Å². The first-order chi connectivity index (χ1) is 13.3. The minimum atomic E-state index is -1.18. The van der Waals surface area contributed by atoms with E-state index in [2.05, 4.69) is 0 Å². The predicted octanol–water partition coefficient (Wildman–Crippen LogP) is 4.02. The van der Waals surface area contributed by atoms with Crippen molar-refractivity contribution in [1.29, 1.82) is 0 Å². The maximum Gasteiger partial charge on any atom is 0.307 e. The van der Waals surface area contributed by atoms with Crippen molar-refractivity contribution in [3.8, 4) is 0 Å². The van der Waals surface area contributed by atoms with Crippen molar-refractivity contribution in [2.45, 2.75) is 89.9 Å². The van der Waals surface area contributed by atoms with Crippen LogP contribution in [-0.4, -0.2) is 44.3 Å². The van der Waals surface area contributed by atoms with Gasteiger partial charge in [0.25, 0.3) is 0 Å². The number of hydrogen-bond donors (Lipinski definition) is 4. The highest BCUT2D eigenvalue weighted by Gasteiger charge is 2.32. The van der Waals surface area contributed by atoms with Crippen LogP contribution in [0.4, 0.5) is 0 Å². The van der Waals surface area contributed by atoms with E-state index in [1.54, 1.807) is 0 Å². The number of carboxylic acids is 4. The first-order valence-corrected chi connectivity index (χ1v) is 10.1. The summed E-state index contributed by atoms with van der Waals surface area (Å²) in [5.74, 6) is -6.13. The topological polar surface area (TPSA) is 149 Å². The molecule has 0 aliphatic heterocycles. The first kappa shape index (κ1) is 25.9. The normalized spacial score (nSPS) is 13.0. The van der Waals surface area contributed by atoms with Gasteiger partial charge in [0.15, 0.2) is 0 Å². The van der Waals surface area contributed by atoms with E-state index in [-0.39, 0.29) is 32.1 Å². The second-order valence-electron chi connectivity index (χ2n) is 7.29. The summed E-state index contributed by atoms with van der Waals surface area (Å²) in [7, 11) is 0. The van der Waals surface area contributed by atoms with E-state index >= 15 is 0 Å². The Hall–Kier alpha value is -2.12. The van der Waals surface area contributed by atoms with Gasteiger partial charge in [-0.05, 0) is 25.7 Å². The Kier molecular flexibility index (Phi) is 14.7. The lowest BCUT2D eigenvalue weighted by molar-refractivity contribution is -0.154. The summed E-state index contributed by atoms with van der Waals surface area (Å²) >= 11 is 0. The van der Waals surface area contributed by atoms with E-state index in [1.165, 1.54) is 0 Å². The van der Waals surface area contributed by atoms with E-state index in [0.717, 1.165) is 44.9 Å². The number of unbranched alkanes of at least 4 members (excludes halogenated alkanes) is 8. The van der Waals surface area contributed by atoms with Gasteiger partial charge in [0, 0.05) is 12.8 Å². The summed E-state index contributed by atoms with van der Waals surface area (Å²) in [5, 5.41) is 35.9. The Morgan fingerprint density at radius 3 is 1.18 bits per heavy atom. The fraction of sp³-hybridized carbons (Fsp3) is 0.800. The molecule has 0 aromatic rings. The molecule has 162 valence electrons. The monoisotopic (exact) mass is 402 g/mol. The fourth-order valence-electron chi connectivity index (χ4n) is 3.34. The Bertz CT molecular complexity index is 489. The molecule has 0 saturated carbocycles. The number of hydrogen-bond acceptors (Lipinski definition) is 4. The van der Waals surface area contributed by atoms with Gasteiger partial charge in [0.1, 0.15) is 0 Å². The van der Waals surface area contributed by atoms with Gasteiger partial charge in [0.05, 0.1) is 11.8 Å². The van der Waals surface area contributed by atoms with Crippen molar-refractivity contribution < 1.29 is 39.6 Å². The molecule has 0 saturated heterocycles. The van der Waals surface area contributed by atoms with E-state index in [0.29, 0.717) is 12.8 Å². The van der Waals surface area contributed by atoms with Crippen LogP contribution in [-0.2, 0) is 19.2 Å². The molecule has 0 aliphatic rings. The van der Waals surface area contributed by atoms with Gasteiger partial charge in [0.2, 0.25) is 0 Å². The molecule has 0 aromatic heterocycles. The lowest BCUT2D eigenvalue weighted by atomic mass is 9.84. The van der Waals surface area contributed by atoms with Crippen molar-refractivity contribution in [1.82, 2.24) is 0 Å². The maximum absolute atomic E-state index is 11.5. The van der Waals surface area contributed by atoms with Crippen molar-refractivity contribution in [2.24, 2.45) is 11.8 Å². The van der Waals surface area contributed by atoms with Gasteiger partial charge in [-0.3, -0.25) is 19.2 Å². The standard InChI is InChI=1S/C20H34O8/c21-17(22)13-9-7-5-3-1-2-4-6-8-11-15(19(25)26)16(20(27)28)12-10-14-18(23)24/h15-16H,1-14H2,(H,21,22)(H,23,24)(H,25,26)(H,27,28). The number of carbonyl (C=O) groups is 4. The van der Waals surface area contributed by atoms with Crippen molar-refractivity contribution in [3.05, 3.63) is 0 Å². The average Bonchev–Trinajstić information content (AvgIpc) is 2.59. The molecule has 0 radical (unpaired) electrons. The number of rotatable bonds is 19. The van der Waals surface area contributed by atoms with Gasteiger partial charge in [-0.2, -0.15) is 0 Å². The highest BCUT2D eigenvalue weighted by Crippen LogP contribution is 2.25. The van der Waals surface area contributed by atoms with Crippen LogP contribution in [0, 0.1) is 11.8 Å². The van der Waals surface area contributed by atoms with Gasteiger partial charge >= 0.3 is 23.9 Å². The van der Waals surface area contributed by atoms with Gasteiger partial charge in [-0.1, -0.05) is 51.4 Å². The third-order valence-corrected chi connectivity index (χ3v) is 4.93. The second-order valence-corrected chi connectivity index (χ2v) is 7.29. The van der Waals surface area contributed by atoms with Crippen LogP contribution in [0.5, 0.6) is 0 Å². The van der Waals surface area contributed by atoms with Crippen LogP contribution in [0.25, 0.3) is 0 Å². The third kappa shape index (κ3) is 14.0. The number of carboxylic acid groups (broad SMARTS) is 4. The Morgan fingerprint density at radius 2 is 0.786 bits per heavy atom. The molecule has 0 heterocycles. The Morgan fingerprint density at radius 1 is 0.464 bits per heavy atom. The zero-order valence-corrected chi connectivity index (χ0v) is 16.5. The summed E-state index contributed by atoms with van der Waals surface area (Å²) in [6, 6.07) is 0. The van der Waals surface area contributed by atoms with Crippen LogP contribution >= 0.6 is 0 Å². The molecule has 8 nitrogen and oxygen atoms in total. The molecule has 0 bridgehead atoms. The van der Waals surface area contributed by atoms with E-state index < -0.39 is 35.7 Å². The van der Waals surface area contributed by atoms with Crippen LogP contribution in [0.15, 0.2) is 0 Å². The molecular formula is C20H34O8. The Balaban J connectivity index is 3.99. The molecule has 28 heavy (non-hydrogen) atoms. The van der Waals surface area contributed by atoms with Gasteiger partial charge in [-0.25, -0.2) is 0 Å². The van der Waals surface area contributed by atoms with E-state index in [9.17, 15) is 29.4 Å². The highest BCUT2D eigenvalue weighted by atomic mass is 16.4. The van der Waals surface area contributed by atoms with Gasteiger partial charge < -0.3 is 20.4 Å². The third-order valence-electron chi connectivity index (χ3n) is 4.93. The quantitative estimate of drug-likeness (QED) is 0.237. The molecule has 4 N–H and O–H groups in total. The van der Waals surface area contributed by atoms with Crippen LogP contribution in [0.3, 0.4) is 0 Å². The lowest BCUT2D eigenvalue weighted by Crippen LogP contribution is -2.30. The second kappa shape index (κ2) is 15.9. The summed E-state index contributed by atoms with van der Waals surface area (Å²) in [6.45, 7) is 0. The predicted molar refractivity (Wildman–Crippen MR) is 102 cm³/mol. The Labute approximate surface area is 165 Å². The molecule has 0 amide bonds. The average molecular weight is 402 g/mol. The lowest BCUT2D eigenvalue weighted by Gasteiger charge is -2.20. The molecule has 0 rings (SSSR count). The first-order valence-electron chi connectivity index (χ1n) is 10.1. The zero-order chi connectivity index (χ0) is 21.4. The molecule has 0 aliphatic carbocycles.